The van der Waals surface area contributed by atoms with Gasteiger partial charge in [-0.2, -0.15) is 0 Å². The Morgan fingerprint density at radius 1 is 1.21 bits per heavy atom. The van der Waals surface area contributed by atoms with Gasteiger partial charge in [-0.1, -0.05) is 30.4 Å². The number of para-hydroxylation sites is 1. The van der Waals surface area contributed by atoms with Crippen LogP contribution in [0.15, 0.2) is 36.4 Å². The van der Waals surface area contributed by atoms with E-state index in [-0.39, 0.29) is 23.5 Å². The molecular weight excluding hydrogens is 364 g/mol. The van der Waals surface area contributed by atoms with Crippen LogP contribution in [0, 0.1) is 5.92 Å². The minimum atomic E-state index is -0.354. The van der Waals surface area contributed by atoms with Crippen molar-refractivity contribution in [3.8, 4) is 5.75 Å². The van der Waals surface area contributed by atoms with Crippen molar-refractivity contribution in [3.05, 3.63) is 42.0 Å². The van der Waals surface area contributed by atoms with E-state index >= 15 is 0 Å². The molecule has 1 heterocycles. The maximum Gasteiger partial charge on any atom is 0.223 e. The van der Waals surface area contributed by atoms with Crippen LogP contribution in [-0.4, -0.2) is 46.8 Å². The van der Waals surface area contributed by atoms with E-state index in [9.17, 15) is 9.59 Å². The molecule has 1 spiro atoms. The fraction of sp³-hybridized carbons (Fsp3) is 0.583. The number of hydrogen-bond donors (Lipinski definition) is 0. The zero-order valence-corrected chi connectivity index (χ0v) is 17.6. The van der Waals surface area contributed by atoms with E-state index < -0.39 is 0 Å². The summed E-state index contributed by atoms with van der Waals surface area (Å²) in [5.74, 6) is 1.64. The van der Waals surface area contributed by atoms with Gasteiger partial charge in [0.25, 0.3) is 0 Å². The number of ether oxygens (including phenoxy) is 1. The summed E-state index contributed by atoms with van der Waals surface area (Å²) in [7, 11) is 1.95. The van der Waals surface area contributed by atoms with Crippen LogP contribution < -0.4 is 4.74 Å². The molecule has 1 aromatic rings. The van der Waals surface area contributed by atoms with Crippen LogP contribution in [0.3, 0.4) is 0 Å². The molecule has 1 aliphatic heterocycles. The molecule has 1 saturated carbocycles. The summed E-state index contributed by atoms with van der Waals surface area (Å²) in [6.07, 6.45) is 10.7. The highest BCUT2D eigenvalue weighted by Gasteiger charge is 2.43. The number of benzene rings is 1. The monoisotopic (exact) mass is 396 g/mol. The fourth-order valence-electron chi connectivity index (χ4n) is 5.04. The smallest absolute Gasteiger partial charge is 0.223 e. The maximum atomic E-state index is 12.7. The van der Waals surface area contributed by atoms with Crippen molar-refractivity contribution in [2.45, 2.75) is 70.1 Å². The third kappa shape index (κ3) is 4.34. The van der Waals surface area contributed by atoms with Gasteiger partial charge in [0.2, 0.25) is 11.8 Å². The normalized spacial score (nSPS) is 28.6. The van der Waals surface area contributed by atoms with Gasteiger partial charge < -0.3 is 14.5 Å². The van der Waals surface area contributed by atoms with Crippen molar-refractivity contribution >= 4 is 11.8 Å². The topological polar surface area (TPSA) is 49.9 Å². The van der Waals surface area contributed by atoms with Crippen molar-refractivity contribution in [1.82, 2.24) is 9.80 Å². The lowest BCUT2D eigenvalue weighted by Gasteiger charge is -2.43. The third-order valence-electron chi connectivity index (χ3n) is 6.94. The second-order valence-electron chi connectivity index (χ2n) is 8.97. The molecule has 1 fully saturated rings. The van der Waals surface area contributed by atoms with Crippen LogP contribution in [0.5, 0.6) is 5.75 Å². The average molecular weight is 397 g/mol. The molecule has 1 unspecified atom stereocenters. The van der Waals surface area contributed by atoms with Crippen molar-refractivity contribution < 1.29 is 14.3 Å². The Labute approximate surface area is 173 Å². The Hall–Kier alpha value is -2.30. The Morgan fingerprint density at radius 3 is 2.66 bits per heavy atom. The molecule has 4 rings (SSSR count). The Balaban J connectivity index is 1.43. The first kappa shape index (κ1) is 20.0. The van der Waals surface area contributed by atoms with Crippen LogP contribution >= 0.6 is 0 Å². The lowest BCUT2D eigenvalue weighted by atomic mass is 9.80. The zero-order valence-electron chi connectivity index (χ0n) is 17.6. The van der Waals surface area contributed by atoms with Gasteiger partial charge in [-0.15, -0.1) is 0 Å². The highest BCUT2D eigenvalue weighted by atomic mass is 16.5. The summed E-state index contributed by atoms with van der Waals surface area (Å²) in [4.78, 5) is 28.8. The van der Waals surface area contributed by atoms with E-state index in [1.165, 1.54) is 0 Å². The molecule has 0 saturated heterocycles. The Morgan fingerprint density at radius 2 is 1.97 bits per heavy atom. The van der Waals surface area contributed by atoms with E-state index in [0.717, 1.165) is 49.8 Å². The van der Waals surface area contributed by atoms with E-state index in [1.807, 2.05) is 41.1 Å². The van der Waals surface area contributed by atoms with Gasteiger partial charge >= 0.3 is 0 Å². The summed E-state index contributed by atoms with van der Waals surface area (Å²) in [5.41, 5.74) is 0.714. The van der Waals surface area contributed by atoms with E-state index in [0.29, 0.717) is 25.4 Å². The first-order chi connectivity index (χ1) is 14.0. The number of rotatable bonds is 3. The number of allylic oxidation sites excluding steroid dienone is 2. The van der Waals surface area contributed by atoms with E-state index in [2.05, 4.69) is 12.2 Å². The van der Waals surface area contributed by atoms with Gasteiger partial charge in [0.05, 0.1) is 6.54 Å². The van der Waals surface area contributed by atoms with Gasteiger partial charge in [0.15, 0.2) is 0 Å². The molecule has 29 heavy (non-hydrogen) atoms. The van der Waals surface area contributed by atoms with Gasteiger partial charge in [0, 0.05) is 38.5 Å². The minimum absolute atomic E-state index is 0.0868. The van der Waals surface area contributed by atoms with Crippen LogP contribution in [0.4, 0.5) is 0 Å². The molecular formula is C24H32N2O3. The van der Waals surface area contributed by atoms with E-state index in [4.69, 9.17) is 4.74 Å². The largest absolute Gasteiger partial charge is 0.485 e. The molecule has 0 bridgehead atoms. The van der Waals surface area contributed by atoms with Crippen molar-refractivity contribution in [3.63, 3.8) is 0 Å². The summed E-state index contributed by atoms with van der Waals surface area (Å²) >= 11 is 0. The molecule has 0 radical (unpaired) electrons. The Bertz CT molecular complexity index is 795. The number of carbonyl (C=O) groups excluding carboxylic acids is 2. The molecule has 1 atom stereocenters. The first-order valence-corrected chi connectivity index (χ1v) is 10.9. The van der Waals surface area contributed by atoms with E-state index in [1.54, 1.807) is 6.92 Å². The van der Waals surface area contributed by atoms with Crippen LogP contribution in [-0.2, 0) is 16.1 Å². The minimum Gasteiger partial charge on any atom is -0.485 e. The predicted molar refractivity (Wildman–Crippen MR) is 112 cm³/mol. The van der Waals surface area contributed by atoms with Crippen molar-refractivity contribution in [1.29, 1.82) is 0 Å². The summed E-state index contributed by atoms with van der Waals surface area (Å²) < 4.78 is 6.56. The third-order valence-corrected chi connectivity index (χ3v) is 6.94. The standard InChI is InChI=1S/C24H32N2O3/c1-18(27)26-16-20-9-5-6-10-22(20)29-24(17-26)13-11-21(12-14-24)25(2)23(28)15-19-7-3-4-8-19/h3,5-7,9-10,19,21H,4,8,11-17H2,1-2H3. The second-order valence-corrected chi connectivity index (χ2v) is 8.97. The second kappa shape index (κ2) is 8.21. The molecule has 5 heteroatoms. The number of amides is 2. The van der Waals surface area contributed by atoms with Crippen LogP contribution in [0.1, 0.15) is 57.4 Å². The van der Waals surface area contributed by atoms with Gasteiger partial charge in [-0.05, 0) is 50.5 Å². The fourth-order valence-corrected chi connectivity index (χ4v) is 5.04. The Kier molecular flexibility index (Phi) is 5.66. The molecule has 156 valence electrons. The quantitative estimate of drug-likeness (QED) is 0.728. The lowest BCUT2D eigenvalue weighted by Crippen LogP contribution is -2.52. The first-order valence-electron chi connectivity index (χ1n) is 10.9. The van der Waals surface area contributed by atoms with Gasteiger partial charge in [0.1, 0.15) is 11.4 Å². The average Bonchev–Trinajstić information content (AvgIpc) is 3.15. The number of hydrogen-bond acceptors (Lipinski definition) is 3. The lowest BCUT2D eigenvalue weighted by molar-refractivity contribution is -0.135. The summed E-state index contributed by atoms with van der Waals surface area (Å²) in [6.45, 7) is 2.86. The molecule has 2 aliphatic carbocycles. The highest BCUT2D eigenvalue weighted by molar-refractivity contribution is 5.77. The summed E-state index contributed by atoms with van der Waals surface area (Å²) in [6, 6.07) is 8.30. The number of carbonyl (C=O) groups is 2. The van der Waals surface area contributed by atoms with Crippen LogP contribution in [0.25, 0.3) is 0 Å². The molecule has 1 aromatic carbocycles. The number of fused-ring (bicyclic) bond motifs is 1. The zero-order chi connectivity index (χ0) is 20.4. The molecule has 2 amide bonds. The summed E-state index contributed by atoms with van der Waals surface area (Å²) in [5, 5.41) is 0. The predicted octanol–water partition coefficient (Wildman–Crippen LogP) is 3.92. The van der Waals surface area contributed by atoms with Gasteiger partial charge in [-0.25, -0.2) is 0 Å². The highest BCUT2D eigenvalue weighted by Crippen LogP contribution is 2.39. The van der Waals surface area contributed by atoms with Crippen molar-refractivity contribution in [2.75, 3.05) is 13.6 Å². The van der Waals surface area contributed by atoms with Crippen LogP contribution in [0.2, 0.25) is 0 Å². The number of nitrogens with zero attached hydrogens (tertiary/aromatic N) is 2. The molecule has 0 N–H and O–H groups in total. The molecule has 0 aromatic heterocycles. The van der Waals surface area contributed by atoms with Gasteiger partial charge in [-0.3, -0.25) is 9.59 Å². The van der Waals surface area contributed by atoms with Crippen molar-refractivity contribution in [2.24, 2.45) is 5.92 Å². The SMILES string of the molecule is CC(=O)N1Cc2ccccc2OC2(CCC(N(C)C(=O)CC3C=CCC3)CC2)C1. The molecule has 5 nitrogen and oxygen atoms in total. The molecule has 3 aliphatic rings. The maximum absolute atomic E-state index is 12.7.